The molecule has 1 aliphatic heterocycles. The van der Waals surface area contributed by atoms with E-state index in [0.29, 0.717) is 13.1 Å². The van der Waals surface area contributed by atoms with Crippen LogP contribution in [0.4, 0.5) is 5.69 Å². The largest absolute Gasteiger partial charge is 0.304 e. The van der Waals surface area contributed by atoms with E-state index >= 15 is 0 Å². The fourth-order valence-electron chi connectivity index (χ4n) is 2.61. The van der Waals surface area contributed by atoms with Gasteiger partial charge in [-0.15, -0.1) is 0 Å². The van der Waals surface area contributed by atoms with Crippen LogP contribution < -0.4 is 0 Å². The number of hydrogen-bond donors (Lipinski definition) is 0. The van der Waals surface area contributed by atoms with Gasteiger partial charge in [0.15, 0.2) is 4.90 Å². The summed E-state index contributed by atoms with van der Waals surface area (Å²) >= 11 is 1.61. The monoisotopic (exact) mass is 345 g/mol. The predicted molar refractivity (Wildman–Crippen MR) is 86.6 cm³/mol. The Morgan fingerprint density at radius 1 is 1.32 bits per heavy atom. The van der Waals surface area contributed by atoms with E-state index in [1.54, 1.807) is 11.8 Å². The Morgan fingerprint density at radius 3 is 2.45 bits per heavy atom. The van der Waals surface area contributed by atoms with Gasteiger partial charge in [0.1, 0.15) is 0 Å². The topological polar surface area (TPSA) is 83.8 Å². The molecule has 7 nitrogen and oxygen atoms in total. The number of nitro benzene ring substituents is 1. The molecule has 1 heterocycles. The molecule has 0 unspecified atom stereocenters. The number of nitro groups is 1. The summed E-state index contributed by atoms with van der Waals surface area (Å²) in [4.78, 5) is 12.2. The summed E-state index contributed by atoms with van der Waals surface area (Å²) in [6.45, 7) is 0.700. The van der Waals surface area contributed by atoms with Crippen LogP contribution in [0.5, 0.6) is 0 Å². The standard InChI is InChI=1S/C13H19N3O4S2/c1-14(2)11-8-15(9-12(11)21-3)22(19,20)13-7-5-4-6-10(13)16(17)18/h4-7,11-12H,8-9H2,1-3H3/t11-,12+/m0/s1. The van der Waals surface area contributed by atoms with Crippen LogP contribution in [-0.2, 0) is 10.0 Å². The summed E-state index contributed by atoms with van der Waals surface area (Å²) < 4.78 is 26.9. The molecule has 9 heteroatoms. The van der Waals surface area contributed by atoms with Crippen molar-refractivity contribution < 1.29 is 13.3 Å². The van der Waals surface area contributed by atoms with Crippen molar-refractivity contribution in [2.75, 3.05) is 33.4 Å². The minimum absolute atomic E-state index is 0.0903. The van der Waals surface area contributed by atoms with Crippen molar-refractivity contribution in [2.45, 2.75) is 16.2 Å². The summed E-state index contributed by atoms with van der Waals surface area (Å²) in [7, 11) is -0.0488. The van der Waals surface area contributed by atoms with Gasteiger partial charge in [-0.2, -0.15) is 16.1 Å². The van der Waals surface area contributed by atoms with E-state index in [-0.39, 0.29) is 21.9 Å². The number of sulfonamides is 1. The number of rotatable bonds is 5. The van der Waals surface area contributed by atoms with Crippen molar-refractivity contribution in [2.24, 2.45) is 0 Å². The average Bonchev–Trinajstić information content (AvgIpc) is 2.92. The zero-order chi connectivity index (χ0) is 16.5. The van der Waals surface area contributed by atoms with Crippen LogP contribution in [-0.4, -0.2) is 67.3 Å². The molecule has 2 atom stereocenters. The predicted octanol–water partition coefficient (Wildman–Crippen LogP) is 1.26. The van der Waals surface area contributed by atoms with Gasteiger partial charge in [0, 0.05) is 30.4 Å². The van der Waals surface area contributed by atoms with Gasteiger partial charge in [0.05, 0.1) is 4.92 Å². The molecule has 1 aliphatic rings. The van der Waals surface area contributed by atoms with Gasteiger partial charge in [-0.1, -0.05) is 12.1 Å². The van der Waals surface area contributed by atoms with Crippen LogP contribution >= 0.6 is 11.8 Å². The van der Waals surface area contributed by atoms with Crippen LogP contribution in [0.3, 0.4) is 0 Å². The van der Waals surface area contributed by atoms with Gasteiger partial charge < -0.3 is 4.90 Å². The van der Waals surface area contributed by atoms with Gasteiger partial charge in [0.2, 0.25) is 10.0 Å². The zero-order valence-electron chi connectivity index (χ0n) is 12.7. The maximum Gasteiger partial charge on any atom is 0.289 e. The number of para-hydroxylation sites is 1. The van der Waals surface area contributed by atoms with Crippen LogP contribution in [0.1, 0.15) is 0 Å². The summed E-state index contributed by atoms with van der Waals surface area (Å²) in [5.74, 6) is 0. The normalized spacial score (nSPS) is 23.1. The number of thioether (sulfide) groups is 1. The molecule has 0 radical (unpaired) electrons. The summed E-state index contributed by atoms with van der Waals surface area (Å²) in [6.07, 6.45) is 1.95. The molecule has 2 rings (SSSR count). The zero-order valence-corrected chi connectivity index (χ0v) is 14.3. The van der Waals surface area contributed by atoms with E-state index in [9.17, 15) is 18.5 Å². The molecular weight excluding hydrogens is 326 g/mol. The third-order valence-electron chi connectivity index (χ3n) is 3.85. The molecule has 0 aliphatic carbocycles. The molecule has 1 aromatic carbocycles. The van der Waals surface area contributed by atoms with E-state index in [1.165, 1.54) is 28.6 Å². The summed E-state index contributed by atoms with van der Waals surface area (Å²) in [5.41, 5.74) is -0.378. The molecule has 1 aromatic rings. The van der Waals surface area contributed by atoms with E-state index < -0.39 is 14.9 Å². The SMILES string of the molecule is CS[C@@H]1CN(S(=O)(=O)c2ccccc2[N+](=O)[O-])C[C@@H]1N(C)C. The summed E-state index contributed by atoms with van der Waals surface area (Å²) in [6, 6.07) is 5.58. The van der Waals surface area contributed by atoms with Crippen LogP contribution in [0.25, 0.3) is 0 Å². The fourth-order valence-corrected chi connectivity index (χ4v) is 5.32. The molecule has 0 aromatic heterocycles. The van der Waals surface area contributed by atoms with Crippen LogP contribution in [0.2, 0.25) is 0 Å². The second-order valence-corrected chi connectivity index (χ2v) is 8.34. The van der Waals surface area contributed by atoms with E-state index in [2.05, 4.69) is 0 Å². The minimum atomic E-state index is -3.87. The molecular formula is C13H19N3O4S2. The lowest BCUT2D eigenvalue weighted by Gasteiger charge is -2.23. The molecule has 1 fully saturated rings. The van der Waals surface area contributed by atoms with Crippen molar-refractivity contribution in [3.8, 4) is 0 Å². The maximum atomic E-state index is 12.8. The highest BCUT2D eigenvalue weighted by atomic mass is 32.2. The molecule has 122 valence electrons. The highest BCUT2D eigenvalue weighted by molar-refractivity contribution is 7.99. The lowest BCUT2D eigenvalue weighted by Crippen LogP contribution is -2.37. The van der Waals surface area contributed by atoms with Gasteiger partial charge in [-0.05, 0) is 26.4 Å². The summed E-state index contributed by atoms with van der Waals surface area (Å²) in [5, 5.41) is 11.2. The van der Waals surface area contributed by atoms with Gasteiger partial charge in [0.25, 0.3) is 5.69 Å². The maximum absolute atomic E-state index is 12.8. The first-order valence-electron chi connectivity index (χ1n) is 6.71. The lowest BCUT2D eigenvalue weighted by molar-refractivity contribution is -0.387. The van der Waals surface area contributed by atoms with Crippen molar-refractivity contribution in [3.63, 3.8) is 0 Å². The molecule has 22 heavy (non-hydrogen) atoms. The quantitative estimate of drug-likeness (QED) is 0.590. The van der Waals surface area contributed by atoms with Crippen molar-refractivity contribution in [1.82, 2.24) is 9.21 Å². The van der Waals surface area contributed by atoms with Crippen molar-refractivity contribution in [3.05, 3.63) is 34.4 Å². The average molecular weight is 345 g/mol. The minimum Gasteiger partial charge on any atom is -0.304 e. The number of likely N-dealkylation sites (N-methyl/N-ethyl adjacent to an activating group) is 1. The highest BCUT2D eigenvalue weighted by Crippen LogP contribution is 2.32. The second-order valence-electron chi connectivity index (χ2n) is 5.35. The van der Waals surface area contributed by atoms with E-state index in [4.69, 9.17) is 0 Å². The van der Waals surface area contributed by atoms with Gasteiger partial charge in [-0.25, -0.2) is 8.42 Å². The van der Waals surface area contributed by atoms with E-state index in [0.717, 1.165) is 0 Å². The van der Waals surface area contributed by atoms with Crippen molar-refractivity contribution >= 4 is 27.5 Å². The number of nitrogens with zero attached hydrogens (tertiary/aromatic N) is 3. The Bertz CT molecular complexity index is 663. The third-order valence-corrected chi connectivity index (χ3v) is 6.80. The van der Waals surface area contributed by atoms with Gasteiger partial charge in [-0.3, -0.25) is 10.1 Å². The molecule has 0 amide bonds. The molecule has 0 bridgehead atoms. The molecule has 0 saturated carbocycles. The first kappa shape index (κ1) is 17.2. The number of benzene rings is 1. The van der Waals surface area contributed by atoms with Crippen molar-refractivity contribution in [1.29, 1.82) is 0 Å². The smallest absolute Gasteiger partial charge is 0.289 e. The molecule has 1 saturated heterocycles. The Hall–Kier alpha value is -1.16. The Morgan fingerprint density at radius 2 is 1.95 bits per heavy atom. The number of hydrogen-bond acceptors (Lipinski definition) is 6. The Labute approximate surface area is 134 Å². The second kappa shape index (κ2) is 6.53. The highest BCUT2D eigenvalue weighted by Gasteiger charge is 2.41. The fraction of sp³-hybridized carbons (Fsp3) is 0.538. The first-order valence-corrected chi connectivity index (χ1v) is 9.44. The van der Waals surface area contributed by atoms with Gasteiger partial charge >= 0.3 is 0 Å². The third kappa shape index (κ3) is 3.12. The first-order chi connectivity index (χ1) is 10.3. The Balaban J connectivity index is 2.39. The molecule has 0 spiro atoms. The molecule has 0 N–H and O–H groups in total. The van der Waals surface area contributed by atoms with Crippen LogP contribution in [0, 0.1) is 10.1 Å². The lowest BCUT2D eigenvalue weighted by atomic mass is 10.2. The van der Waals surface area contributed by atoms with E-state index in [1.807, 2.05) is 25.3 Å². The Kier molecular flexibility index (Phi) is 5.10. The van der Waals surface area contributed by atoms with Crippen LogP contribution in [0.15, 0.2) is 29.2 Å².